The molecule has 3 nitrogen and oxygen atoms in total. The molecule has 18 heavy (non-hydrogen) atoms. The van der Waals surface area contributed by atoms with Crippen LogP contribution in [0.2, 0.25) is 0 Å². The Morgan fingerprint density at radius 3 is 2.39 bits per heavy atom. The van der Waals surface area contributed by atoms with Gasteiger partial charge >= 0.3 is 0 Å². The van der Waals surface area contributed by atoms with Crippen LogP contribution in [0.15, 0.2) is 36.9 Å². The molecular formula is C15H19N3. The van der Waals surface area contributed by atoms with E-state index in [4.69, 9.17) is 0 Å². The second-order valence-electron chi connectivity index (χ2n) is 4.51. The van der Waals surface area contributed by atoms with Crippen molar-refractivity contribution in [1.29, 1.82) is 0 Å². The molecule has 2 rings (SSSR count). The lowest BCUT2D eigenvalue weighted by molar-refractivity contribution is 0.625. The molecule has 0 radical (unpaired) electrons. The molecule has 0 saturated heterocycles. The minimum absolute atomic E-state index is 0.162. The van der Waals surface area contributed by atoms with Crippen molar-refractivity contribution in [1.82, 2.24) is 15.3 Å². The highest BCUT2D eigenvalue weighted by molar-refractivity contribution is 5.35. The van der Waals surface area contributed by atoms with Crippen LogP contribution in [0.5, 0.6) is 0 Å². The average Bonchev–Trinajstić information content (AvgIpc) is 2.40. The number of benzene rings is 1. The monoisotopic (exact) mass is 241 g/mol. The van der Waals surface area contributed by atoms with Crippen molar-refractivity contribution >= 4 is 0 Å². The normalized spacial score (nSPS) is 12.4. The van der Waals surface area contributed by atoms with Gasteiger partial charge in [-0.15, -0.1) is 0 Å². The zero-order valence-corrected chi connectivity index (χ0v) is 11.1. The number of hydrogen-bond donors (Lipinski definition) is 1. The molecule has 0 saturated carbocycles. The van der Waals surface area contributed by atoms with E-state index in [0.29, 0.717) is 0 Å². The first-order chi connectivity index (χ1) is 8.72. The molecule has 0 spiro atoms. The zero-order valence-electron chi connectivity index (χ0n) is 11.1. The predicted octanol–water partition coefficient (Wildman–Crippen LogP) is 2.79. The summed E-state index contributed by atoms with van der Waals surface area (Å²) in [5, 5.41) is 3.48. The van der Waals surface area contributed by atoms with Gasteiger partial charge in [0, 0.05) is 18.0 Å². The maximum Gasteiger partial charge on any atom is 0.115 e. The number of rotatable bonds is 4. The highest BCUT2D eigenvalue weighted by Crippen LogP contribution is 2.22. The minimum Gasteiger partial charge on any atom is -0.306 e. The molecule has 1 N–H and O–H groups in total. The van der Waals surface area contributed by atoms with Gasteiger partial charge in [-0.1, -0.05) is 25.1 Å². The van der Waals surface area contributed by atoms with E-state index in [1.165, 1.54) is 16.7 Å². The smallest absolute Gasteiger partial charge is 0.115 e. The fraction of sp³-hybridized carbons (Fsp3) is 0.333. The number of aryl methyl sites for hydroxylation is 2. The summed E-state index contributed by atoms with van der Waals surface area (Å²) in [5.41, 5.74) is 4.99. The SMILES string of the molecule is CCNC(c1cncnc1)c1ccc(C)c(C)c1. The van der Waals surface area contributed by atoms with Crippen LogP contribution in [0.3, 0.4) is 0 Å². The number of aromatic nitrogens is 2. The maximum absolute atomic E-state index is 4.10. The van der Waals surface area contributed by atoms with Crippen LogP contribution in [0.4, 0.5) is 0 Å². The van der Waals surface area contributed by atoms with Crippen LogP contribution in [0.1, 0.15) is 35.2 Å². The number of nitrogens with one attached hydrogen (secondary N) is 1. The van der Waals surface area contributed by atoms with Gasteiger partial charge in [-0.05, 0) is 37.1 Å². The molecule has 0 aliphatic carbocycles. The molecule has 1 atom stereocenters. The van der Waals surface area contributed by atoms with E-state index in [-0.39, 0.29) is 6.04 Å². The van der Waals surface area contributed by atoms with Crippen LogP contribution in [-0.4, -0.2) is 16.5 Å². The number of nitrogens with zero attached hydrogens (tertiary/aromatic N) is 2. The summed E-state index contributed by atoms with van der Waals surface area (Å²) < 4.78 is 0. The summed E-state index contributed by atoms with van der Waals surface area (Å²) in [7, 11) is 0. The lowest BCUT2D eigenvalue weighted by atomic mass is 9.97. The second-order valence-corrected chi connectivity index (χ2v) is 4.51. The number of hydrogen-bond acceptors (Lipinski definition) is 3. The summed E-state index contributed by atoms with van der Waals surface area (Å²) in [6, 6.07) is 6.73. The zero-order chi connectivity index (χ0) is 13.0. The fourth-order valence-electron chi connectivity index (χ4n) is 2.04. The van der Waals surface area contributed by atoms with E-state index in [2.05, 4.69) is 54.3 Å². The van der Waals surface area contributed by atoms with Crippen molar-refractivity contribution in [2.24, 2.45) is 0 Å². The summed E-state index contributed by atoms with van der Waals surface area (Å²) in [6.45, 7) is 7.29. The molecule has 1 unspecified atom stereocenters. The molecule has 1 aromatic heterocycles. The van der Waals surface area contributed by atoms with Crippen LogP contribution in [0, 0.1) is 13.8 Å². The Morgan fingerprint density at radius 1 is 1.06 bits per heavy atom. The van der Waals surface area contributed by atoms with Gasteiger partial charge in [0.25, 0.3) is 0 Å². The van der Waals surface area contributed by atoms with Crippen LogP contribution in [0.25, 0.3) is 0 Å². The molecule has 0 amide bonds. The largest absolute Gasteiger partial charge is 0.306 e. The van der Waals surface area contributed by atoms with Crippen molar-refractivity contribution in [2.45, 2.75) is 26.8 Å². The lowest BCUT2D eigenvalue weighted by Gasteiger charge is -2.19. The van der Waals surface area contributed by atoms with Crippen molar-refractivity contribution in [2.75, 3.05) is 6.54 Å². The Labute approximate surface area is 108 Å². The maximum atomic E-state index is 4.10. The van der Waals surface area contributed by atoms with E-state index < -0.39 is 0 Å². The van der Waals surface area contributed by atoms with E-state index in [9.17, 15) is 0 Å². The second kappa shape index (κ2) is 5.74. The lowest BCUT2D eigenvalue weighted by Crippen LogP contribution is -2.22. The molecule has 1 heterocycles. The van der Waals surface area contributed by atoms with Crippen molar-refractivity contribution in [3.05, 3.63) is 59.2 Å². The molecule has 0 aliphatic rings. The topological polar surface area (TPSA) is 37.8 Å². The van der Waals surface area contributed by atoms with Gasteiger partial charge in [0.05, 0.1) is 6.04 Å². The van der Waals surface area contributed by atoms with Crippen LogP contribution < -0.4 is 5.32 Å². The highest BCUT2D eigenvalue weighted by Gasteiger charge is 2.13. The van der Waals surface area contributed by atoms with E-state index >= 15 is 0 Å². The van der Waals surface area contributed by atoms with E-state index in [0.717, 1.165) is 12.1 Å². The highest BCUT2D eigenvalue weighted by atomic mass is 14.9. The first kappa shape index (κ1) is 12.7. The Balaban J connectivity index is 2.38. The van der Waals surface area contributed by atoms with Crippen molar-refractivity contribution in [3.63, 3.8) is 0 Å². The fourth-order valence-corrected chi connectivity index (χ4v) is 2.04. The summed E-state index contributed by atoms with van der Waals surface area (Å²) in [5.74, 6) is 0. The molecular weight excluding hydrogens is 222 g/mol. The van der Waals surface area contributed by atoms with Crippen molar-refractivity contribution < 1.29 is 0 Å². The molecule has 2 aromatic rings. The van der Waals surface area contributed by atoms with Gasteiger partial charge in [0.15, 0.2) is 0 Å². The van der Waals surface area contributed by atoms with Crippen LogP contribution >= 0.6 is 0 Å². The molecule has 94 valence electrons. The van der Waals surface area contributed by atoms with Gasteiger partial charge in [0.2, 0.25) is 0 Å². The van der Waals surface area contributed by atoms with E-state index in [1.54, 1.807) is 6.33 Å². The minimum atomic E-state index is 0.162. The van der Waals surface area contributed by atoms with Gasteiger partial charge in [-0.3, -0.25) is 0 Å². The van der Waals surface area contributed by atoms with Gasteiger partial charge in [-0.25, -0.2) is 9.97 Å². The quantitative estimate of drug-likeness (QED) is 0.894. The first-order valence-corrected chi connectivity index (χ1v) is 6.27. The predicted molar refractivity (Wildman–Crippen MR) is 73.5 cm³/mol. The molecule has 0 bridgehead atoms. The van der Waals surface area contributed by atoms with E-state index in [1.807, 2.05) is 12.4 Å². The Hall–Kier alpha value is -1.74. The Morgan fingerprint density at radius 2 is 1.78 bits per heavy atom. The van der Waals surface area contributed by atoms with Crippen LogP contribution in [-0.2, 0) is 0 Å². The van der Waals surface area contributed by atoms with Crippen molar-refractivity contribution in [3.8, 4) is 0 Å². The Kier molecular flexibility index (Phi) is 4.05. The Bertz CT molecular complexity index is 508. The molecule has 0 fully saturated rings. The molecule has 1 aromatic carbocycles. The molecule has 0 aliphatic heterocycles. The van der Waals surface area contributed by atoms with Gasteiger partial charge in [-0.2, -0.15) is 0 Å². The third-order valence-electron chi connectivity index (χ3n) is 3.19. The summed E-state index contributed by atoms with van der Waals surface area (Å²) >= 11 is 0. The molecule has 3 heteroatoms. The average molecular weight is 241 g/mol. The first-order valence-electron chi connectivity index (χ1n) is 6.27. The standard InChI is InChI=1S/C15H19N3/c1-4-18-15(14-8-16-10-17-9-14)13-6-5-11(2)12(3)7-13/h5-10,15,18H,4H2,1-3H3. The third kappa shape index (κ3) is 2.74. The third-order valence-corrected chi connectivity index (χ3v) is 3.19. The summed E-state index contributed by atoms with van der Waals surface area (Å²) in [6.07, 6.45) is 5.30. The van der Waals surface area contributed by atoms with Gasteiger partial charge < -0.3 is 5.32 Å². The summed E-state index contributed by atoms with van der Waals surface area (Å²) in [4.78, 5) is 8.20. The van der Waals surface area contributed by atoms with Gasteiger partial charge in [0.1, 0.15) is 6.33 Å².